The number of amides is 4. The van der Waals surface area contributed by atoms with Gasteiger partial charge in [0, 0.05) is 18.9 Å². The van der Waals surface area contributed by atoms with Gasteiger partial charge in [-0.1, -0.05) is 27.7 Å². The lowest BCUT2D eigenvalue weighted by atomic mass is 9.89. The van der Waals surface area contributed by atoms with Gasteiger partial charge >= 0.3 is 6.03 Å². The molecule has 0 atom stereocenters. The van der Waals surface area contributed by atoms with Gasteiger partial charge in [-0.3, -0.25) is 14.5 Å². The molecule has 0 saturated carbocycles. The summed E-state index contributed by atoms with van der Waals surface area (Å²) in [6.45, 7) is 7.22. The Labute approximate surface area is 108 Å². The molecule has 0 aromatic heterocycles. The Balaban J connectivity index is 4.27. The van der Waals surface area contributed by atoms with Crippen molar-refractivity contribution in [3.8, 4) is 0 Å². The second-order valence-electron chi connectivity index (χ2n) is 4.71. The number of nitrogens with one attached hydrogen (secondary N) is 2. The molecule has 104 valence electrons. The van der Waals surface area contributed by atoms with Crippen LogP contribution in [-0.4, -0.2) is 36.5 Å². The van der Waals surface area contributed by atoms with E-state index in [4.69, 9.17) is 0 Å². The summed E-state index contributed by atoms with van der Waals surface area (Å²) >= 11 is 0. The van der Waals surface area contributed by atoms with Crippen molar-refractivity contribution in [1.29, 1.82) is 0 Å². The second kappa shape index (κ2) is 6.98. The topological polar surface area (TPSA) is 78.5 Å². The predicted octanol–water partition coefficient (Wildman–Crippen LogP) is 1.07. The zero-order chi connectivity index (χ0) is 14.3. The SMILES string of the molecule is CCC(=O)NCNC(=O)N(C)C(=O)C(C)(C)CC. The molecule has 0 heterocycles. The Bertz CT molecular complexity index is 327. The third kappa shape index (κ3) is 4.73. The minimum atomic E-state index is -0.571. The maximum Gasteiger partial charge on any atom is 0.325 e. The molecule has 0 aromatic rings. The molecule has 0 aliphatic heterocycles. The number of hydrogen-bond acceptors (Lipinski definition) is 3. The van der Waals surface area contributed by atoms with Crippen LogP contribution in [0.4, 0.5) is 4.79 Å². The quantitative estimate of drug-likeness (QED) is 0.723. The molecule has 0 bridgehead atoms. The molecule has 0 saturated heterocycles. The van der Waals surface area contributed by atoms with Crippen molar-refractivity contribution in [2.75, 3.05) is 13.7 Å². The molecular formula is C12H23N3O3. The molecule has 0 fully saturated rings. The Hall–Kier alpha value is -1.59. The van der Waals surface area contributed by atoms with E-state index in [0.717, 1.165) is 4.90 Å². The van der Waals surface area contributed by atoms with Gasteiger partial charge in [0.1, 0.15) is 0 Å². The predicted molar refractivity (Wildman–Crippen MR) is 68.7 cm³/mol. The molecule has 0 aliphatic rings. The molecule has 6 heteroatoms. The van der Waals surface area contributed by atoms with Gasteiger partial charge in [-0.2, -0.15) is 0 Å². The minimum absolute atomic E-state index is 0.0235. The average Bonchev–Trinajstić information content (AvgIpc) is 2.36. The highest BCUT2D eigenvalue weighted by molar-refractivity contribution is 5.96. The average molecular weight is 257 g/mol. The van der Waals surface area contributed by atoms with Gasteiger partial charge in [0.25, 0.3) is 0 Å². The summed E-state index contributed by atoms with van der Waals surface area (Å²) in [5.74, 6) is -0.400. The van der Waals surface area contributed by atoms with E-state index in [1.54, 1.807) is 20.8 Å². The Kier molecular flexibility index (Phi) is 6.36. The first kappa shape index (κ1) is 16.4. The van der Waals surface area contributed by atoms with E-state index >= 15 is 0 Å². The monoisotopic (exact) mass is 257 g/mol. The number of rotatable bonds is 5. The van der Waals surface area contributed by atoms with Crippen molar-refractivity contribution in [3.05, 3.63) is 0 Å². The van der Waals surface area contributed by atoms with E-state index in [9.17, 15) is 14.4 Å². The summed E-state index contributed by atoms with van der Waals surface area (Å²) < 4.78 is 0. The van der Waals surface area contributed by atoms with Gasteiger partial charge in [-0.05, 0) is 6.42 Å². The molecule has 0 unspecified atom stereocenters. The van der Waals surface area contributed by atoms with Crippen molar-refractivity contribution < 1.29 is 14.4 Å². The third-order valence-electron chi connectivity index (χ3n) is 2.92. The first-order chi connectivity index (χ1) is 8.26. The minimum Gasteiger partial charge on any atom is -0.339 e. The smallest absolute Gasteiger partial charge is 0.325 e. The van der Waals surface area contributed by atoms with E-state index in [0.29, 0.717) is 12.8 Å². The summed E-state index contributed by atoms with van der Waals surface area (Å²) in [6.07, 6.45) is 1.00. The molecule has 0 spiro atoms. The van der Waals surface area contributed by atoms with Gasteiger partial charge in [-0.15, -0.1) is 0 Å². The number of urea groups is 1. The van der Waals surface area contributed by atoms with Gasteiger partial charge in [0.05, 0.1) is 6.67 Å². The molecule has 0 radical (unpaired) electrons. The summed E-state index contributed by atoms with van der Waals surface area (Å²) in [6, 6.07) is -0.516. The van der Waals surface area contributed by atoms with Crippen LogP contribution in [0.5, 0.6) is 0 Å². The van der Waals surface area contributed by atoms with Gasteiger partial charge in [-0.25, -0.2) is 4.79 Å². The van der Waals surface area contributed by atoms with Crippen molar-refractivity contribution >= 4 is 17.8 Å². The van der Waals surface area contributed by atoms with Gasteiger partial charge in [0.2, 0.25) is 11.8 Å². The van der Waals surface area contributed by atoms with Crippen molar-refractivity contribution in [3.63, 3.8) is 0 Å². The number of carbonyl (C=O) groups is 3. The van der Waals surface area contributed by atoms with Gasteiger partial charge < -0.3 is 10.6 Å². The number of imide groups is 1. The zero-order valence-corrected chi connectivity index (χ0v) is 11.8. The van der Waals surface area contributed by atoms with Crippen LogP contribution in [0.15, 0.2) is 0 Å². The lowest BCUT2D eigenvalue weighted by molar-refractivity contribution is -0.136. The van der Waals surface area contributed by atoms with E-state index in [-0.39, 0.29) is 18.5 Å². The highest BCUT2D eigenvalue weighted by Crippen LogP contribution is 2.22. The number of carbonyl (C=O) groups excluding carboxylic acids is 3. The van der Waals surface area contributed by atoms with E-state index in [2.05, 4.69) is 10.6 Å². The lowest BCUT2D eigenvalue weighted by Crippen LogP contribution is -2.49. The van der Waals surface area contributed by atoms with E-state index in [1.165, 1.54) is 7.05 Å². The van der Waals surface area contributed by atoms with Crippen molar-refractivity contribution in [2.24, 2.45) is 5.41 Å². The normalized spacial score (nSPS) is 10.7. The lowest BCUT2D eigenvalue weighted by Gasteiger charge is -2.27. The molecule has 0 rings (SSSR count). The van der Waals surface area contributed by atoms with E-state index in [1.807, 2.05) is 6.92 Å². The highest BCUT2D eigenvalue weighted by Gasteiger charge is 2.31. The molecule has 6 nitrogen and oxygen atoms in total. The maximum absolute atomic E-state index is 12.0. The van der Waals surface area contributed by atoms with Crippen LogP contribution in [0.2, 0.25) is 0 Å². The summed E-state index contributed by atoms with van der Waals surface area (Å²) in [4.78, 5) is 35.6. The zero-order valence-electron chi connectivity index (χ0n) is 11.8. The molecule has 0 aliphatic carbocycles. The van der Waals surface area contributed by atoms with Crippen LogP contribution in [-0.2, 0) is 9.59 Å². The molecular weight excluding hydrogens is 234 g/mol. The maximum atomic E-state index is 12.0. The fraction of sp³-hybridized carbons (Fsp3) is 0.750. The molecule has 18 heavy (non-hydrogen) atoms. The van der Waals surface area contributed by atoms with E-state index < -0.39 is 11.4 Å². The second-order valence-corrected chi connectivity index (χ2v) is 4.71. The van der Waals surface area contributed by atoms with Crippen LogP contribution in [0.3, 0.4) is 0 Å². The number of nitrogens with zero attached hydrogens (tertiary/aromatic N) is 1. The Morgan fingerprint density at radius 3 is 2.11 bits per heavy atom. The van der Waals surface area contributed by atoms with Crippen LogP contribution in [0.1, 0.15) is 40.5 Å². The standard InChI is InChI=1S/C12H23N3O3/c1-6-9(16)13-8-14-11(18)15(5)10(17)12(3,4)7-2/h6-8H2,1-5H3,(H,13,16)(H,14,18). The van der Waals surface area contributed by atoms with Crippen LogP contribution in [0.25, 0.3) is 0 Å². The third-order valence-corrected chi connectivity index (χ3v) is 2.92. The first-order valence-electron chi connectivity index (χ1n) is 6.09. The van der Waals surface area contributed by atoms with Gasteiger partial charge in [0.15, 0.2) is 0 Å². The largest absolute Gasteiger partial charge is 0.339 e. The molecule has 2 N–H and O–H groups in total. The molecule has 0 aromatic carbocycles. The van der Waals surface area contributed by atoms with Crippen molar-refractivity contribution in [2.45, 2.75) is 40.5 Å². The van der Waals surface area contributed by atoms with Crippen LogP contribution in [0, 0.1) is 5.41 Å². The Morgan fingerprint density at radius 1 is 1.11 bits per heavy atom. The van der Waals surface area contributed by atoms with Crippen LogP contribution < -0.4 is 10.6 Å². The molecule has 4 amide bonds. The van der Waals surface area contributed by atoms with Crippen LogP contribution >= 0.6 is 0 Å². The fourth-order valence-corrected chi connectivity index (χ4v) is 1.16. The highest BCUT2D eigenvalue weighted by atomic mass is 16.2. The first-order valence-corrected chi connectivity index (χ1v) is 6.09. The number of hydrogen-bond donors (Lipinski definition) is 2. The summed E-state index contributed by atoms with van der Waals surface area (Å²) in [5, 5.41) is 4.96. The fourth-order valence-electron chi connectivity index (χ4n) is 1.16. The Morgan fingerprint density at radius 2 is 1.67 bits per heavy atom. The van der Waals surface area contributed by atoms with Crippen molar-refractivity contribution in [1.82, 2.24) is 15.5 Å². The summed E-state index contributed by atoms with van der Waals surface area (Å²) in [5.41, 5.74) is -0.571. The summed E-state index contributed by atoms with van der Waals surface area (Å²) in [7, 11) is 1.43.